The standard InChI is InChI=1S/2C2H4O2.CHCl3.H3N/c2*1-2(3)4;2-1(3)4;/h2*1H3,(H,3,4);1H;1H3. The fourth-order valence-corrected chi connectivity index (χ4v) is 0. The van der Waals surface area contributed by atoms with Crippen LogP contribution < -0.4 is 11.3 Å². The quantitative estimate of drug-likeness (QED) is 0.634. The lowest BCUT2D eigenvalue weighted by molar-refractivity contribution is -0.302. The molecule has 0 aromatic heterocycles. The Kier molecular flexibility index (Phi) is 31.4. The van der Waals surface area contributed by atoms with E-state index in [2.05, 4.69) is 0 Å². The summed E-state index contributed by atoms with van der Waals surface area (Å²) in [6.07, 6.45) is 0. The molecule has 0 saturated carbocycles. The first-order chi connectivity index (χ1) is 5.20. The van der Waals surface area contributed by atoms with Gasteiger partial charge in [0, 0.05) is 12.9 Å². The third kappa shape index (κ3) is 21200. The molecule has 5 nitrogen and oxygen atoms in total. The fourth-order valence-electron chi connectivity index (χ4n) is 0. The molecule has 0 aliphatic carbocycles. The maximum Gasteiger partial charge on any atom is 0.300 e. The zero-order valence-corrected chi connectivity index (χ0v) is 9.65. The molecule has 0 heterocycles. The Balaban J connectivity index is -0.0000000450. The Morgan fingerprint density at radius 2 is 1.23 bits per heavy atom. The van der Waals surface area contributed by atoms with Crippen molar-refractivity contribution in [2.75, 3.05) is 0 Å². The van der Waals surface area contributed by atoms with Crippen LogP contribution in [0.25, 0.3) is 0 Å². The van der Waals surface area contributed by atoms with Gasteiger partial charge in [0.25, 0.3) is 5.97 Å². The van der Waals surface area contributed by atoms with Gasteiger partial charge in [-0.25, -0.2) is 0 Å². The highest BCUT2D eigenvalue weighted by molar-refractivity contribution is 6.63. The van der Waals surface area contributed by atoms with Gasteiger partial charge in [0.1, 0.15) is 0 Å². The van der Waals surface area contributed by atoms with E-state index in [0.717, 1.165) is 13.8 Å². The highest BCUT2D eigenvalue weighted by Gasteiger charge is 1.78. The molecule has 0 spiro atoms. The summed E-state index contributed by atoms with van der Waals surface area (Å²) >= 11 is 14.4. The molecule has 0 radical (unpaired) electrons. The van der Waals surface area contributed by atoms with E-state index < -0.39 is 16.2 Å². The molecule has 0 bridgehead atoms. The van der Waals surface area contributed by atoms with Gasteiger partial charge in [0.05, 0.1) is 0 Å². The predicted octanol–water partition coefficient (Wildman–Crippen LogP) is 1.21. The number of aliphatic carboxylic acids is 2. The van der Waals surface area contributed by atoms with Crippen LogP contribution in [0.1, 0.15) is 13.8 Å². The number of hydrogen-bond acceptors (Lipinski definition) is 3. The van der Waals surface area contributed by atoms with Gasteiger partial charge in [-0.2, -0.15) is 0 Å². The van der Waals surface area contributed by atoms with Gasteiger partial charge in [-0.1, -0.05) is 34.8 Å². The van der Waals surface area contributed by atoms with Gasteiger partial charge in [-0.3, -0.25) is 4.79 Å². The molecular formula is C5H12Cl3NO4. The molecule has 0 amide bonds. The molecule has 82 valence electrons. The van der Waals surface area contributed by atoms with Crippen LogP contribution in [0, 0.1) is 0 Å². The topological polar surface area (TPSA) is 114 Å². The second-order valence-electron chi connectivity index (χ2n) is 1.26. The van der Waals surface area contributed by atoms with Gasteiger partial charge >= 0.3 is 0 Å². The fraction of sp³-hybridized carbons (Fsp3) is 0.600. The number of carbonyl (C=O) groups is 2. The van der Waals surface area contributed by atoms with E-state index in [0.29, 0.717) is 0 Å². The van der Waals surface area contributed by atoms with Crippen molar-refractivity contribution < 1.29 is 19.8 Å². The van der Waals surface area contributed by atoms with Crippen LogP contribution in [0.5, 0.6) is 0 Å². The predicted molar refractivity (Wildman–Crippen MR) is 51.3 cm³/mol. The molecule has 13 heavy (non-hydrogen) atoms. The van der Waals surface area contributed by atoms with Crippen molar-refractivity contribution in [3.05, 3.63) is 0 Å². The van der Waals surface area contributed by atoms with Crippen molar-refractivity contribution in [3.8, 4) is 0 Å². The van der Waals surface area contributed by atoms with Gasteiger partial charge in [-0.15, -0.1) is 0 Å². The first-order valence-electron chi connectivity index (χ1n) is 2.49. The Morgan fingerprint density at radius 3 is 1.23 bits per heavy atom. The Bertz CT molecular complexity index is 108. The van der Waals surface area contributed by atoms with Gasteiger partial charge in [0.2, 0.25) is 0 Å². The third-order valence-corrected chi connectivity index (χ3v) is 0. The maximum absolute atomic E-state index is 9.00. The zero-order chi connectivity index (χ0) is 10.7. The molecule has 0 unspecified atom stereocenters. The number of hydrogen-bond donors (Lipinski definition) is 2. The third-order valence-electron chi connectivity index (χ3n) is 0. The van der Waals surface area contributed by atoms with Crippen LogP contribution in [0.4, 0.5) is 0 Å². The van der Waals surface area contributed by atoms with Crippen molar-refractivity contribution >= 4 is 46.7 Å². The minimum Gasteiger partial charge on any atom is -0.550 e. The van der Waals surface area contributed by atoms with Crippen molar-refractivity contribution in [1.29, 1.82) is 0 Å². The highest BCUT2D eigenvalue weighted by Crippen LogP contribution is 2.03. The molecule has 0 atom stereocenters. The van der Waals surface area contributed by atoms with Crippen LogP contribution in [0.15, 0.2) is 0 Å². The molecule has 8 heteroatoms. The summed E-state index contributed by atoms with van der Waals surface area (Å²) in [5.74, 6) is -1.92. The van der Waals surface area contributed by atoms with Crippen LogP contribution in [-0.4, -0.2) is 21.3 Å². The first-order valence-corrected chi connectivity index (χ1v) is 3.80. The Hall–Kier alpha value is -0.230. The normalized spacial score (nSPS) is 6.62. The van der Waals surface area contributed by atoms with Crippen molar-refractivity contribution in [2.24, 2.45) is 0 Å². The monoisotopic (exact) mass is 255 g/mol. The molecule has 0 fully saturated rings. The van der Waals surface area contributed by atoms with Crippen molar-refractivity contribution in [1.82, 2.24) is 6.15 Å². The van der Waals surface area contributed by atoms with Crippen molar-refractivity contribution in [3.63, 3.8) is 0 Å². The number of carboxylic acids is 2. The Labute approximate surface area is 91.2 Å². The van der Waals surface area contributed by atoms with E-state index in [1.807, 2.05) is 0 Å². The molecule has 0 aliphatic rings. The van der Waals surface area contributed by atoms with Gasteiger partial charge < -0.3 is 21.2 Å². The lowest BCUT2D eigenvalue weighted by Gasteiger charge is -1.77. The van der Waals surface area contributed by atoms with Gasteiger partial charge in [0.15, 0.2) is 4.30 Å². The molecule has 0 aliphatic heterocycles. The largest absolute Gasteiger partial charge is 0.550 e. The molecule has 0 aromatic carbocycles. The first kappa shape index (κ1) is 23.0. The molecule has 0 aromatic rings. The lowest BCUT2D eigenvalue weighted by atomic mass is 10.9. The number of alkyl halides is 3. The summed E-state index contributed by atoms with van der Waals surface area (Å²) in [6, 6.07) is 0. The number of carboxylic acid groups (broad SMARTS) is 2. The summed E-state index contributed by atoms with van der Waals surface area (Å²) < 4.78 is -0.750. The van der Waals surface area contributed by atoms with Gasteiger partial charge in [-0.05, 0) is 6.92 Å². The lowest BCUT2D eigenvalue weighted by Crippen LogP contribution is -2.16. The summed E-state index contributed by atoms with van der Waals surface area (Å²) in [4.78, 5) is 17.9. The highest BCUT2D eigenvalue weighted by atomic mass is 35.6. The molecule has 0 rings (SSSR count). The van der Waals surface area contributed by atoms with E-state index in [1.54, 1.807) is 0 Å². The zero-order valence-electron chi connectivity index (χ0n) is 7.38. The minimum atomic E-state index is -1.08. The average molecular weight is 257 g/mol. The van der Waals surface area contributed by atoms with Crippen LogP contribution >= 0.6 is 34.8 Å². The smallest absolute Gasteiger partial charge is 0.300 e. The van der Waals surface area contributed by atoms with E-state index in [4.69, 9.17) is 54.6 Å². The van der Waals surface area contributed by atoms with E-state index in [1.165, 1.54) is 0 Å². The number of rotatable bonds is 0. The number of halogens is 3. The number of carbonyl (C=O) groups excluding carboxylic acids is 1. The molecular weight excluding hydrogens is 244 g/mol. The SMILES string of the molecule is CC(=O)O.CC(=O)[O-].ClC(Cl)Cl.[NH4+]. The maximum atomic E-state index is 9.00. The Morgan fingerprint density at radius 1 is 1.23 bits per heavy atom. The molecule has 5 N–H and O–H groups in total. The summed E-state index contributed by atoms with van der Waals surface area (Å²) in [5.41, 5.74) is 0. The number of quaternary nitrogens is 1. The summed E-state index contributed by atoms with van der Waals surface area (Å²) in [7, 11) is 0. The second-order valence-corrected chi connectivity index (χ2v) is 3.24. The van der Waals surface area contributed by atoms with Crippen LogP contribution in [0.3, 0.4) is 0 Å². The van der Waals surface area contributed by atoms with Crippen molar-refractivity contribution in [2.45, 2.75) is 18.1 Å². The average Bonchev–Trinajstić information content (AvgIpc) is 1.54. The minimum absolute atomic E-state index is 0. The van der Waals surface area contributed by atoms with Crippen LogP contribution in [0.2, 0.25) is 0 Å². The second kappa shape index (κ2) is 17.8. The van der Waals surface area contributed by atoms with Crippen LogP contribution in [-0.2, 0) is 9.59 Å². The summed E-state index contributed by atoms with van der Waals surface area (Å²) in [6.45, 7) is 2.06. The van der Waals surface area contributed by atoms with E-state index in [9.17, 15) is 0 Å². The van der Waals surface area contributed by atoms with E-state index in [-0.39, 0.29) is 6.15 Å². The summed E-state index contributed by atoms with van der Waals surface area (Å²) in [5, 5.41) is 16.3. The molecule has 0 saturated heterocycles. The van der Waals surface area contributed by atoms with E-state index >= 15 is 0 Å².